The zero-order valence-electron chi connectivity index (χ0n) is 6.89. The predicted octanol–water partition coefficient (Wildman–Crippen LogP) is 3.97. The van der Waals surface area contributed by atoms with Gasteiger partial charge in [0.25, 0.3) is 0 Å². The first-order valence-electron chi connectivity index (χ1n) is 4.23. The topological polar surface area (TPSA) is 0 Å². The van der Waals surface area contributed by atoms with Gasteiger partial charge in [-0.25, -0.2) is 0 Å². The Balaban J connectivity index is 2.44. The Morgan fingerprint density at radius 3 is 2.75 bits per heavy atom. The molecule has 0 aliphatic heterocycles. The Morgan fingerprint density at radius 1 is 1.42 bits per heavy atom. The molecule has 0 amide bonds. The summed E-state index contributed by atoms with van der Waals surface area (Å²) in [6.07, 6.45) is 4.64. The Labute approximate surface area is 81.4 Å². The van der Waals surface area contributed by atoms with Crippen LogP contribution in [-0.2, 0) is 0 Å². The molecule has 1 aliphatic rings. The second-order valence-corrected chi connectivity index (χ2v) is 4.17. The molecule has 12 heavy (non-hydrogen) atoms. The molecular formula is C11H11Br. The van der Waals surface area contributed by atoms with E-state index in [4.69, 9.17) is 0 Å². The molecule has 1 fully saturated rings. The highest BCUT2D eigenvalue weighted by Gasteiger charge is 2.24. The Morgan fingerprint density at radius 2 is 2.17 bits per heavy atom. The third-order valence-corrected chi connectivity index (χ3v) is 2.78. The molecule has 1 saturated carbocycles. The van der Waals surface area contributed by atoms with Gasteiger partial charge in [-0.1, -0.05) is 34.7 Å². The lowest BCUT2D eigenvalue weighted by Gasteiger charge is -2.03. The first-order valence-corrected chi connectivity index (χ1v) is 5.02. The normalized spacial score (nSPS) is 16.1. The lowest BCUT2D eigenvalue weighted by Crippen LogP contribution is -1.84. The molecule has 62 valence electrons. The molecule has 1 heteroatoms. The average molecular weight is 223 g/mol. The minimum Gasteiger partial charge on any atom is -0.0985 e. The van der Waals surface area contributed by atoms with Crippen LogP contribution in [0, 0.1) is 0 Å². The van der Waals surface area contributed by atoms with E-state index in [1.807, 2.05) is 6.08 Å². The summed E-state index contributed by atoms with van der Waals surface area (Å²) < 4.78 is 1.14. The quantitative estimate of drug-likeness (QED) is 0.711. The van der Waals surface area contributed by atoms with Crippen LogP contribution in [0.5, 0.6) is 0 Å². The largest absolute Gasteiger partial charge is 0.0985 e. The van der Waals surface area contributed by atoms with E-state index in [9.17, 15) is 0 Å². The van der Waals surface area contributed by atoms with Crippen molar-refractivity contribution in [3.8, 4) is 0 Å². The van der Waals surface area contributed by atoms with Crippen molar-refractivity contribution in [2.24, 2.45) is 0 Å². The number of benzene rings is 1. The highest BCUT2D eigenvalue weighted by molar-refractivity contribution is 9.10. The van der Waals surface area contributed by atoms with Crippen LogP contribution in [0.15, 0.2) is 29.3 Å². The van der Waals surface area contributed by atoms with Gasteiger partial charge in [0, 0.05) is 4.47 Å². The first kappa shape index (κ1) is 8.06. The van der Waals surface area contributed by atoms with Crippen molar-refractivity contribution >= 4 is 22.0 Å². The summed E-state index contributed by atoms with van der Waals surface area (Å²) >= 11 is 3.46. The molecule has 0 unspecified atom stereocenters. The van der Waals surface area contributed by atoms with Crippen LogP contribution in [0.4, 0.5) is 0 Å². The maximum Gasteiger partial charge on any atom is 0.0181 e. The van der Waals surface area contributed by atoms with Gasteiger partial charge in [-0.2, -0.15) is 0 Å². The third-order valence-electron chi connectivity index (χ3n) is 2.29. The van der Waals surface area contributed by atoms with Crippen LogP contribution in [0.25, 0.3) is 6.08 Å². The van der Waals surface area contributed by atoms with Crippen molar-refractivity contribution in [3.63, 3.8) is 0 Å². The molecule has 1 aliphatic carbocycles. The van der Waals surface area contributed by atoms with E-state index in [-0.39, 0.29) is 0 Å². The van der Waals surface area contributed by atoms with E-state index in [1.54, 1.807) is 0 Å². The van der Waals surface area contributed by atoms with Crippen molar-refractivity contribution < 1.29 is 0 Å². The van der Waals surface area contributed by atoms with Gasteiger partial charge in [0.05, 0.1) is 0 Å². The molecule has 0 aromatic heterocycles. The maximum atomic E-state index is 3.82. The Hall–Kier alpha value is -0.560. The average Bonchev–Trinajstić information content (AvgIpc) is 2.87. The number of hydrogen-bond acceptors (Lipinski definition) is 0. The van der Waals surface area contributed by atoms with E-state index in [1.165, 1.54) is 24.0 Å². The predicted molar refractivity (Wildman–Crippen MR) is 56.2 cm³/mol. The summed E-state index contributed by atoms with van der Waals surface area (Å²) in [7, 11) is 0. The monoisotopic (exact) mass is 222 g/mol. The molecule has 2 rings (SSSR count). The van der Waals surface area contributed by atoms with Crippen molar-refractivity contribution in [3.05, 3.63) is 40.4 Å². The third kappa shape index (κ3) is 1.46. The zero-order valence-corrected chi connectivity index (χ0v) is 8.47. The molecule has 0 bridgehead atoms. The van der Waals surface area contributed by atoms with Gasteiger partial charge >= 0.3 is 0 Å². The molecule has 1 aromatic rings. The standard InChI is InChI=1S/C11H11Br/c1-2-8-7-10(12)5-6-11(8)9-3-4-9/h2,5-7,9H,1,3-4H2. The summed E-state index contributed by atoms with van der Waals surface area (Å²) in [4.78, 5) is 0. The summed E-state index contributed by atoms with van der Waals surface area (Å²) in [6, 6.07) is 6.46. The summed E-state index contributed by atoms with van der Waals surface area (Å²) in [5, 5.41) is 0. The van der Waals surface area contributed by atoms with Crippen LogP contribution in [0.2, 0.25) is 0 Å². The van der Waals surface area contributed by atoms with E-state index >= 15 is 0 Å². The molecule has 0 heterocycles. The van der Waals surface area contributed by atoms with Crippen molar-refractivity contribution in [2.75, 3.05) is 0 Å². The summed E-state index contributed by atoms with van der Waals surface area (Å²) in [6.45, 7) is 3.82. The van der Waals surface area contributed by atoms with Gasteiger partial charge in [-0.05, 0) is 42.0 Å². The van der Waals surface area contributed by atoms with E-state index < -0.39 is 0 Å². The SMILES string of the molecule is C=Cc1cc(Br)ccc1C1CC1. The van der Waals surface area contributed by atoms with Crippen molar-refractivity contribution in [1.82, 2.24) is 0 Å². The zero-order chi connectivity index (χ0) is 8.55. The minimum absolute atomic E-state index is 0.811. The Kier molecular flexibility index (Phi) is 2.05. The lowest BCUT2D eigenvalue weighted by atomic mass is 10.0. The van der Waals surface area contributed by atoms with Crippen LogP contribution >= 0.6 is 15.9 Å². The molecule has 0 atom stereocenters. The van der Waals surface area contributed by atoms with Gasteiger partial charge < -0.3 is 0 Å². The fraction of sp³-hybridized carbons (Fsp3) is 0.273. The maximum absolute atomic E-state index is 3.82. The highest BCUT2D eigenvalue weighted by Crippen LogP contribution is 2.42. The number of halogens is 1. The van der Waals surface area contributed by atoms with E-state index in [0.29, 0.717) is 0 Å². The van der Waals surface area contributed by atoms with Gasteiger partial charge in [-0.3, -0.25) is 0 Å². The van der Waals surface area contributed by atoms with Crippen LogP contribution in [0.1, 0.15) is 29.9 Å². The highest BCUT2D eigenvalue weighted by atomic mass is 79.9. The smallest absolute Gasteiger partial charge is 0.0181 e. The second-order valence-electron chi connectivity index (χ2n) is 3.25. The molecular weight excluding hydrogens is 212 g/mol. The fourth-order valence-corrected chi connectivity index (χ4v) is 1.87. The lowest BCUT2D eigenvalue weighted by molar-refractivity contribution is 1.12. The molecule has 0 N–H and O–H groups in total. The Bertz CT molecular complexity index is 311. The van der Waals surface area contributed by atoms with Gasteiger partial charge in [0.15, 0.2) is 0 Å². The fourth-order valence-electron chi connectivity index (χ4n) is 1.49. The van der Waals surface area contributed by atoms with E-state index in [2.05, 4.69) is 40.7 Å². The molecule has 0 spiro atoms. The van der Waals surface area contributed by atoms with Crippen LogP contribution in [-0.4, -0.2) is 0 Å². The van der Waals surface area contributed by atoms with E-state index in [0.717, 1.165) is 10.4 Å². The van der Waals surface area contributed by atoms with Gasteiger partial charge in [0.2, 0.25) is 0 Å². The van der Waals surface area contributed by atoms with Gasteiger partial charge in [0.1, 0.15) is 0 Å². The van der Waals surface area contributed by atoms with Crippen molar-refractivity contribution in [2.45, 2.75) is 18.8 Å². The first-order chi connectivity index (χ1) is 5.81. The molecule has 0 saturated heterocycles. The number of hydrogen-bond donors (Lipinski definition) is 0. The number of rotatable bonds is 2. The molecule has 0 radical (unpaired) electrons. The van der Waals surface area contributed by atoms with Gasteiger partial charge in [-0.15, -0.1) is 0 Å². The van der Waals surface area contributed by atoms with Crippen molar-refractivity contribution in [1.29, 1.82) is 0 Å². The molecule has 1 aromatic carbocycles. The second kappa shape index (κ2) is 3.06. The summed E-state index contributed by atoms with van der Waals surface area (Å²) in [5.41, 5.74) is 2.75. The van der Waals surface area contributed by atoms with Crippen LogP contribution < -0.4 is 0 Å². The summed E-state index contributed by atoms with van der Waals surface area (Å²) in [5.74, 6) is 0.811. The van der Waals surface area contributed by atoms with Crippen LogP contribution in [0.3, 0.4) is 0 Å². The molecule has 0 nitrogen and oxygen atoms in total. The minimum atomic E-state index is 0.811.